The van der Waals surface area contributed by atoms with Crippen molar-refractivity contribution in [2.45, 2.75) is 18.7 Å². The van der Waals surface area contributed by atoms with E-state index < -0.39 is 0 Å². The van der Waals surface area contributed by atoms with Gasteiger partial charge >= 0.3 is 0 Å². The quantitative estimate of drug-likeness (QED) is 0.546. The molecule has 0 heterocycles. The lowest BCUT2D eigenvalue weighted by Crippen LogP contribution is -2.21. The third kappa shape index (κ3) is 3.68. The van der Waals surface area contributed by atoms with Crippen LogP contribution in [0.15, 0.2) is 29.2 Å². The van der Waals surface area contributed by atoms with E-state index in [0.29, 0.717) is 0 Å². The summed E-state index contributed by atoms with van der Waals surface area (Å²) in [7, 11) is 0. The molecule has 0 aliphatic heterocycles. The molecule has 0 amide bonds. The van der Waals surface area contributed by atoms with E-state index in [1.54, 1.807) is 11.8 Å². The molecule has 0 fully saturated rings. The molecule has 3 heteroatoms. The SMILES string of the molecule is CCN(CC)CSc1ccc(F)cc1. The zero-order valence-corrected chi connectivity index (χ0v) is 9.48. The molecule has 1 nitrogen and oxygen atoms in total. The Morgan fingerprint density at radius 1 is 1.14 bits per heavy atom. The van der Waals surface area contributed by atoms with E-state index in [9.17, 15) is 4.39 Å². The summed E-state index contributed by atoms with van der Waals surface area (Å²) in [6, 6.07) is 6.65. The minimum atomic E-state index is -0.169. The van der Waals surface area contributed by atoms with Gasteiger partial charge in [0.2, 0.25) is 0 Å². The molecule has 0 N–H and O–H groups in total. The van der Waals surface area contributed by atoms with Crippen LogP contribution in [0.2, 0.25) is 0 Å². The molecule has 0 saturated heterocycles. The minimum Gasteiger partial charge on any atom is -0.294 e. The molecule has 0 aromatic heterocycles. The molecule has 0 radical (unpaired) electrons. The maximum absolute atomic E-state index is 12.6. The van der Waals surface area contributed by atoms with Crippen LogP contribution in [-0.4, -0.2) is 23.9 Å². The Morgan fingerprint density at radius 3 is 2.21 bits per heavy atom. The van der Waals surface area contributed by atoms with Crippen LogP contribution < -0.4 is 0 Å². The van der Waals surface area contributed by atoms with Gasteiger partial charge in [-0.05, 0) is 37.4 Å². The van der Waals surface area contributed by atoms with Crippen molar-refractivity contribution >= 4 is 11.8 Å². The predicted molar refractivity (Wildman–Crippen MR) is 60.0 cm³/mol. The van der Waals surface area contributed by atoms with Crippen molar-refractivity contribution in [2.75, 3.05) is 19.0 Å². The standard InChI is InChI=1S/C11H16FNS/c1-3-13(4-2)9-14-11-7-5-10(12)6-8-11/h5-8H,3-4,9H2,1-2H3. The van der Waals surface area contributed by atoms with Crippen LogP contribution in [0.4, 0.5) is 4.39 Å². The van der Waals surface area contributed by atoms with Crippen molar-refractivity contribution in [3.63, 3.8) is 0 Å². The summed E-state index contributed by atoms with van der Waals surface area (Å²) in [5.74, 6) is 0.802. The van der Waals surface area contributed by atoms with E-state index in [-0.39, 0.29) is 5.82 Å². The molecule has 0 aliphatic carbocycles. The summed E-state index contributed by atoms with van der Waals surface area (Å²) in [4.78, 5) is 3.45. The minimum absolute atomic E-state index is 0.169. The van der Waals surface area contributed by atoms with Crippen molar-refractivity contribution < 1.29 is 4.39 Å². The average molecular weight is 213 g/mol. The maximum Gasteiger partial charge on any atom is 0.123 e. The molecule has 0 spiro atoms. The van der Waals surface area contributed by atoms with Crippen molar-refractivity contribution in [2.24, 2.45) is 0 Å². The number of rotatable bonds is 5. The summed E-state index contributed by atoms with van der Waals surface area (Å²) in [5, 5.41) is 0. The lowest BCUT2D eigenvalue weighted by atomic mass is 10.4. The summed E-state index contributed by atoms with van der Waals surface area (Å²) in [6.45, 7) is 6.42. The molecule has 78 valence electrons. The van der Waals surface area contributed by atoms with Crippen molar-refractivity contribution in [3.8, 4) is 0 Å². The zero-order chi connectivity index (χ0) is 10.4. The lowest BCUT2D eigenvalue weighted by Gasteiger charge is -2.16. The van der Waals surface area contributed by atoms with Gasteiger partial charge in [0.1, 0.15) is 5.82 Å². The number of thioether (sulfide) groups is 1. The van der Waals surface area contributed by atoms with E-state index in [0.717, 1.165) is 23.9 Å². The highest BCUT2D eigenvalue weighted by Gasteiger charge is 2.00. The first-order valence-electron chi connectivity index (χ1n) is 4.87. The summed E-state index contributed by atoms with van der Waals surface area (Å²) >= 11 is 1.75. The molecular formula is C11H16FNS. The fourth-order valence-electron chi connectivity index (χ4n) is 1.10. The Morgan fingerprint density at radius 2 is 1.71 bits per heavy atom. The molecule has 1 rings (SSSR count). The van der Waals surface area contributed by atoms with Crippen molar-refractivity contribution in [1.82, 2.24) is 4.90 Å². The van der Waals surface area contributed by atoms with Gasteiger partial charge in [0.25, 0.3) is 0 Å². The average Bonchev–Trinajstić information content (AvgIpc) is 2.22. The van der Waals surface area contributed by atoms with Gasteiger partial charge in [-0.15, -0.1) is 11.8 Å². The van der Waals surface area contributed by atoms with Gasteiger partial charge in [0.15, 0.2) is 0 Å². The first-order chi connectivity index (χ1) is 6.76. The van der Waals surface area contributed by atoms with Gasteiger partial charge in [-0.1, -0.05) is 13.8 Å². The number of halogens is 1. The predicted octanol–water partition coefficient (Wildman–Crippen LogP) is 3.22. The molecule has 0 aliphatic rings. The highest BCUT2D eigenvalue weighted by Crippen LogP contribution is 2.18. The number of hydrogen-bond acceptors (Lipinski definition) is 2. The second-order valence-electron chi connectivity index (χ2n) is 3.03. The summed E-state index contributed by atoms with van der Waals surface area (Å²) in [6.07, 6.45) is 0. The molecule has 0 atom stereocenters. The lowest BCUT2D eigenvalue weighted by molar-refractivity contribution is 0.358. The van der Waals surface area contributed by atoms with Crippen LogP contribution in [-0.2, 0) is 0 Å². The van der Waals surface area contributed by atoms with Crippen LogP contribution in [0, 0.1) is 5.82 Å². The Hall–Kier alpha value is -0.540. The first-order valence-corrected chi connectivity index (χ1v) is 5.85. The van der Waals surface area contributed by atoms with Gasteiger partial charge in [0.05, 0.1) is 0 Å². The maximum atomic E-state index is 12.6. The topological polar surface area (TPSA) is 3.24 Å². The highest BCUT2D eigenvalue weighted by atomic mass is 32.2. The van der Waals surface area contributed by atoms with Crippen LogP contribution in [0.1, 0.15) is 13.8 Å². The molecule has 0 bridgehead atoms. The molecule has 1 aromatic carbocycles. The van der Waals surface area contributed by atoms with E-state index in [1.807, 2.05) is 12.1 Å². The second kappa shape index (κ2) is 6.04. The Labute approximate surface area is 89.3 Å². The Bertz CT molecular complexity index is 256. The third-order valence-electron chi connectivity index (χ3n) is 2.12. The smallest absolute Gasteiger partial charge is 0.123 e. The number of benzene rings is 1. The van der Waals surface area contributed by atoms with Crippen LogP contribution in [0.5, 0.6) is 0 Å². The van der Waals surface area contributed by atoms with E-state index in [4.69, 9.17) is 0 Å². The molecule has 0 unspecified atom stereocenters. The van der Waals surface area contributed by atoms with E-state index >= 15 is 0 Å². The zero-order valence-electron chi connectivity index (χ0n) is 8.66. The molecule has 14 heavy (non-hydrogen) atoms. The molecular weight excluding hydrogens is 197 g/mol. The Balaban J connectivity index is 2.41. The van der Waals surface area contributed by atoms with Gasteiger partial charge in [-0.3, -0.25) is 4.90 Å². The second-order valence-corrected chi connectivity index (χ2v) is 4.05. The summed E-state index contributed by atoms with van der Waals surface area (Å²) < 4.78 is 12.6. The van der Waals surface area contributed by atoms with Gasteiger partial charge < -0.3 is 0 Å². The first kappa shape index (κ1) is 11.5. The normalized spacial score (nSPS) is 10.9. The fraction of sp³-hybridized carbons (Fsp3) is 0.455. The fourth-order valence-corrected chi connectivity index (χ4v) is 2.13. The Kier molecular flexibility index (Phi) is 4.98. The van der Waals surface area contributed by atoms with Crippen LogP contribution >= 0.6 is 11.8 Å². The molecule has 1 aromatic rings. The van der Waals surface area contributed by atoms with Gasteiger partial charge in [-0.25, -0.2) is 4.39 Å². The summed E-state index contributed by atoms with van der Waals surface area (Å²) in [5.41, 5.74) is 0. The third-order valence-corrected chi connectivity index (χ3v) is 3.22. The number of nitrogens with zero attached hydrogens (tertiary/aromatic N) is 1. The van der Waals surface area contributed by atoms with Crippen LogP contribution in [0.25, 0.3) is 0 Å². The molecule has 0 saturated carbocycles. The van der Waals surface area contributed by atoms with Crippen molar-refractivity contribution in [1.29, 1.82) is 0 Å². The van der Waals surface area contributed by atoms with Crippen molar-refractivity contribution in [3.05, 3.63) is 30.1 Å². The van der Waals surface area contributed by atoms with E-state index in [2.05, 4.69) is 18.7 Å². The van der Waals surface area contributed by atoms with Gasteiger partial charge in [0, 0.05) is 10.8 Å². The largest absolute Gasteiger partial charge is 0.294 e. The number of hydrogen-bond donors (Lipinski definition) is 0. The van der Waals surface area contributed by atoms with E-state index in [1.165, 1.54) is 12.1 Å². The monoisotopic (exact) mass is 213 g/mol. The van der Waals surface area contributed by atoms with Crippen LogP contribution in [0.3, 0.4) is 0 Å². The van der Waals surface area contributed by atoms with Gasteiger partial charge in [-0.2, -0.15) is 0 Å². The highest BCUT2D eigenvalue weighted by molar-refractivity contribution is 7.99.